The molecule has 154 valence electrons. The van der Waals surface area contributed by atoms with Gasteiger partial charge in [-0.3, -0.25) is 4.99 Å². The molecule has 1 aliphatic heterocycles. The second kappa shape index (κ2) is 13.5. The summed E-state index contributed by atoms with van der Waals surface area (Å²) in [5.74, 6) is 4.06. The number of para-hydroxylation sites is 1. The van der Waals surface area contributed by atoms with Gasteiger partial charge in [-0.25, -0.2) is 0 Å². The summed E-state index contributed by atoms with van der Waals surface area (Å²) >= 11 is 1.83. The van der Waals surface area contributed by atoms with Crippen LogP contribution in [0.5, 0.6) is 5.75 Å². The summed E-state index contributed by atoms with van der Waals surface area (Å²) in [6.07, 6.45) is 1.15. The van der Waals surface area contributed by atoms with Gasteiger partial charge >= 0.3 is 0 Å². The predicted molar refractivity (Wildman–Crippen MR) is 126 cm³/mol. The molecule has 2 unspecified atom stereocenters. The molecule has 5 nitrogen and oxygen atoms in total. The van der Waals surface area contributed by atoms with Gasteiger partial charge in [-0.1, -0.05) is 19.1 Å². The second-order valence-electron chi connectivity index (χ2n) is 6.87. The highest BCUT2D eigenvalue weighted by Gasteiger charge is 2.19. The van der Waals surface area contributed by atoms with Gasteiger partial charge in [-0.2, -0.15) is 0 Å². The summed E-state index contributed by atoms with van der Waals surface area (Å²) in [5.41, 5.74) is 0. The third kappa shape index (κ3) is 8.48. The Bertz CT molecular complexity index is 568. The molecule has 0 bridgehead atoms. The molecule has 7 heteroatoms. The molecule has 0 saturated carbocycles. The number of hydrogen-bond acceptors (Lipinski definition) is 4. The van der Waals surface area contributed by atoms with Crippen LogP contribution in [0, 0.1) is 11.8 Å². The van der Waals surface area contributed by atoms with E-state index in [2.05, 4.69) is 43.2 Å². The number of guanidine groups is 1. The molecule has 1 fully saturated rings. The Morgan fingerprint density at radius 3 is 2.89 bits per heavy atom. The highest BCUT2D eigenvalue weighted by atomic mass is 127. The summed E-state index contributed by atoms with van der Waals surface area (Å²) in [6.45, 7) is 8.82. The lowest BCUT2D eigenvalue weighted by Gasteiger charge is -2.25. The van der Waals surface area contributed by atoms with Gasteiger partial charge in [-0.15, -0.1) is 35.7 Å². The van der Waals surface area contributed by atoms with Crippen molar-refractivity contribution in [3.8, 4) is 5.75 Å². The number of hydrogen-bond donors (Lipinski definition) is 1. The summed E-state index contributed by atoms with van der Waals surface area (Å²) in [6, 6.07) is 8.18. The van der Waals surface area contributed by atoms with Gasteiger partial charge in [0.25, 0.3) is 0 Å². The Labute approximate surface area is 185 Å². The van der Waals surface area contributed by atoms with E-state index in [4.69, 9.17) is 14.5 Å². The number of methoxy groups -OCH3 is 1. The van der Waals surface area contributed by atoms with Gasteiger partial charge in [0.1, 0.15) is 5.75 Å². The molecule has 0 aromatic heterocycles. The van der Waals surface area contributed by atoms with E-state index in [1.807, 2.05) is 23.9 Å². The fourth-order valence-corrected chi connectivity index (χ4v) is 3.97. The number of aliphatic imine (C=N–C) groups is 1. The first-order valence-electron chi connectivity index (χ1n) is 9.47. The molecule has 1 aromatic rings. The molecular weight excluding hydrogens is 473 g/mol. The standard InChI is InChI=1S/C20H33N3O2S.HI/c1-5-21-20(23(3)13-17-10-11-25-14-17)22-12-16(2)15-26-19-9-7-6-8-18(19)24-4;/h6-9,16-17H,5,10-15H2,1-4H3,(H,21,22);1H. The van der Waals surface area contributed by atoms with Crippen molar-refractivity contribution >= 4 is 41.7 Å². The smallest absolute Gasteiger partial charge is 0.193 e. The quantitative estimate of drug-likeness (QED) is 0.237. The zero-order valence-electron chi connectivity index (χ0n) is 16.9. The number of benzene rings is 1. The molecular formula is C20H34IN3O2S. The third-order valence-electron chi connectivity index (χ3n) is 4.40. The van der Waals surface area contributed by atoms with Crippen LogP contribution in [0.4, 0.5) is 0 Å². The zero-order chi connectivity index (χ0) is 18.8. The molecule has 27 heavy (non-hydrogen) atoms. The molecule has 0 amide bonds. The predicted octanol–water partition coefficient (Wildman–Crippen LogP) is 3.98. The van der Waals surface area contributed by atoms with Crippen molar-refractivity contribution in [3.05, 3.63) is 24.3 Å². The second-order valence-corrected chi connectivity index (χ2v) is 7.93. The molecule has 1 N–H and O–H groups in total. The van der Waals surface area contributed by atoms with Crippen LogP contribution in [0.1, 0.15) is 20.3 Å². The van der Waals surface area contributed by atoms with Crippen LogP contribution >= 0.6 is 35.7 Å². The number of nitrogens with one attached hydrogen (secondary N) is 1. The molecule has 1 aromatic carbocycles. The zero-order valence-corrected chi connectivity index (χ0v) is 20.1. The largest absolute Gasteiger partial charge is 0.496 e. The summed E-state index contributed by atoms with van der Waals surface area (Å²) in [5, 5.41) is 3.41. The van der Waals surface area contributed by atoms with Crippen LogP contribution < -0.4 is 10.1 Å². The van der Waals surface area contributed by atoms with Gasteiger partial charge in [0.2, 0.25) is 0 Å². The maximum atomic E-state index is 5.49. The van der Waals surface area contributed by atoms with E-state index in [1.165, 1.54) is 4.90 Å². The maximum Gasteiger partial charge on any atom is 0.193 e. The van der Waals surface area contributed by atoms with Gasteiger partial charge < -0.3 is 19.7 Å². The van der Waals surface area contributed by atoms with Crippen molar-refractivity contribution in [3.63, 3.8) is 0 Å². The Balaban J connectivity index is 0.00000364. The monoisotopic (exact) mass is 507 g/mol. The van der Waals surface area contributed by atoms with Crippen LogP contribution in [-0.2, 0) is 4.74 Å². The molecule has 0 spiro atoms. The van der Waals surface area contributed by atoms with E-state index in [0.717, 1.165) is 56.7 Å². The molecule has 1 saturated heterocycles. The van der Waals surface area contributed by atoms with Crippen molar-refractivity contribution in [2.24, 2.45) is 16.8 Å². The fourth-order valence-electron chi connectivity index (χ4n) is 2.94. The minimum atomic E-state index is 0. The average Bonchev–Trinajstić information content (AvgIpc) is 3.16. The third-order valence-corrected chi connectivity index (χ3v) is 5.78. The number of ether oxygens (including phenoxy) is 2. The molecule has 1 aliphatic rings. The minimum Gasteiger partial charge on any atom is -0.496 e. The first-order chi connectivity index (χ1) is 12.6. The van der Waals surface area contributed by atoms with Crippen molar-refractivity contribution in [1.29, 1.82) is 0 Å². The van der Waals surface area contributed by atoms with E-state index in [1.54, 1.807) is 7.11 Å². The molecule has 2 rings (SSSR count). The summed E-state index contributed by atoms with van der Waals surface area (Å²) in [4.78, 5) is 8.29. The van der Waals surface area contributed by atoms with Crippen LogP contribution in [0.3, 0.4) is 0 Å². The van der Waals surface area contributed by atoms with Crippen molar-refractivity contribution < 1.29 is 9.47 Å². The van der Waals surface area contributed by atoms with E-state index < -0.39 is 0 Å². The van der Waals surface area contributed by atoms with E-state index in [-0.39, 0.29) is 24.0 Å². The normalized spacial score (nSPS) is 17.9. The Morgan fingerprint density at radius 2 is 2.22 bits per heavy atom. The van der Waals surface area contributed by atoms with Crippen molar-refractivity contribution in [2.45, 2.75) is 25.2 Å². The van der Waals surface area contributed by atoms with E-state index in [9.17, 15) is 0 Å². The lowest BCUT2D eigenvalue weighted by Crippen LogP contribution is -2.41. The van der Waals surface area contributed by atoms with Crippen LogP contribution in [-0.4, -0.2) is 63.6 Å². The van der Waals surface area contributed by atoms with Gasteiger partial charge in [0.15, 0.2) is 5.96 Å². The van der Waals surface area contributed by atoms with Crippen molar-refractivity contribution in [1.82, 2.24) is 10.2 Å². The average molecular weight is 507 g/mol. The van der Waals surface area contributed by atoms with Crippen LogP contribution in [0.25, 0.3) is 0 Å². The van der Waals surface area contributed by atoms with Crippen LogP contribution in [0.15, 0.2) is 34.2 Å². The lowest BCUT2D eigenvalue weighted by molar-refractivity contribution is 0.181. The highest BCUT2D eigenvalue weighted by molar-refractivity contribution is 14.0. The van der Waals surface area contributed by atoms with E-state index >= 15 is 0 Å². The first-order valence-corrected chi connectivity index (χ1v) is 10.5. The molecule has 0 aliphatic carbocycles. The van der Waals surface area contributed by atoms with Gasteiger partial charge in [-0.05, 0) is 31.4 Å². The molecule has 1 heterocycles. The Kier molecular flexibility index (Phi) is 12.2. The lowest BCUT2D eigenvalue weighted by atomic mass is 10.1. The molecule has 0 radical (unpaired) electrons. The SMILES string of the molecule is CCNC(=NCC(C)CSc1ccccc1OC)N(C)CC1CCOC1.I. The van der Waals surface area contributed by atoms with Gasteiger partial charge in [0, 0.05) is 49.9 Å². The van der Waals surface area contributed by atoms with E-state index in [0.29, 0.717) is 11.8 Å². The van der Waals surface area contributed by atoms with Crippen LogP contribution in [0.2, 0.25) is 0 Å². The maximum absolute atomic E-state index is 5.49. The van der Waals surface area contributed by atoms with Gasteiger partial charge in [0.05, 0.1) is 13.7 Å². The topological polar surface area (TPSA) is 46.1 Å². The number of nitrogens with zero attached hydrogens (tertiary/aromatic N) is 2. The Morgan fingerprint density at radius 1 is 1.44 bits per heavy atom. The number of halogens is 1. The number of rotatable bonds is 9. The van der Waals surface area contributed by atoms with Crippen molar-refractivity contribution in [2.75, 3.05) is 52.8 Å². The summed E-state index contributed by atoms with van der Waals surface area (Å²) in [7, 11) is 3.84. The number of thioether (sulfide) groups is 1. The fraction of sp³-hybridized carbons (Fsp3) is 0.650. The Hall–Kier alpha value is -0.670. The minimum absolute atomic E-state index is 0. The highest BCUT2D eigenvalue weighted by Crippen LogP contribution is 2.30. The summed E-state index contributed by atoms with van der Waals surface area (Å²) < 4.78 is 10.9. The molecule has 2 atom stereocenters. The first kappa shape index (κ1) is 24.4.